The molecule has 3 rings (SSSR count). The molecule has 3 heteroatoms. The minimum atomic E-state index is 0.780. The van der Waals surface area contributed by atoms with E-state index in [-0.39, 0.29) is 0 Å². The summed E-state index contributed by atoms with van der Waals surface area (Å²) in [5.41, 5.74) is 9.95. The number of imidazole rings is 1. The third kappa shape index (κ3) is 1.26. The van der Waals surface area contributed by atoms with E-state index < -0.39 is 0 Å². The fourth-order valence-corrected chi connectivity index (χ4v) is 1.94. The van der Waals surface area contributed by atoms with Gasteiger partial charge in [0.05, 0.1) is 5.69 Å². The molecule has 16 heavy (non-hydrogen) atoms. The van der Waals surface area contributed by atoms with Crippen LogP contribution in [0.5, 0.6) is 0 Å². The molecule has 0 aliphatic rings. The second-order valence-corrected chi connectivity index (χ2v) is 3.72. The van der Waals surface area contributed by atoms with E-state index in [1.807, 2.05) is 42.7 Å². The topological polar surface area (TPSA) is 45.7 Å². The Hall–Kier alpha value is -2.29. The molecule has 0 spiro atoms. The molecule has 0 bridgehead atoms. The second-order valence-electron chi connectivity index (χ2n) is 3.72. The van der Waals surface area contributed by atoms with Gasteiger partial charge in [0.1, 0.15) is 5.69 Å². The number of nitrogen functional groups attached to an aromatic ring is 1. The second kappa shape index (κ2) is 3.38. The number of nitrogens with two attached hydrogens (primary N) is 1. The highest BCUT2D eigenvalue weighted by Gasteiger charge is 2.13. The van der Waals surface area contributed by atoms with Crippen molar-refractivity contribution in [1.29, 1.82) is 0 Å². The maximum absolute atomic E-state index is 6.00. The summed E-state index contributed by atoms with van der Waals surface area (Å²) < 4.78 is 2.06. The summed E-state index contributed by atoms with van der Waals surface area (Å²) in [6.07, 6.45) is 1.93. The van der Waals surface area contributed by atoms with Gasteiger partial charge < -0.3 is 5.73 Å². The number of rotatable bonds is 1. The average Bonchev–Trinajstić information content (AvgIpc) is 2.75. The Kier molecular flexibility index (Phi) is 1.90. The van der Waals surface area contributed by atoms with Crippen molar-refractivity contribution < 1.29 is 4.57 Å². The van der Waals surface area contributed by atoms with Crippen LogP contribution in [-0.4, -0.2) is 4.98 Å². The molecule has 0 fully saturated rings. The molecule has 78 valence electrons. The van der Waals surface area contributed by atoms with Crippen LogP contribution in [0.2, 0.25) is 0 Å². The quantitative estimate of drug-likeness (QED) is 0.468. The summed E-state index contributed by atoms with van der Waals surface area (Å²) in [4.78, 5) is 3.21. The zero-order valence-electron chi connectivity index (χ0n) is 8.72. The van der Waals surface area contributed by atoms with E-state index in [9.17, 15) is 0 Å². The Bertz CT molecular complexity index is 626. The first-order chi connectivity index (χ1) is 7.86. The molecule has 1 aromatic heterocycles. The number of nitrogens with zero attached hydrogens (tertiary/aromatic N) is 1. The van der Waals surface area contributed by atoms with Crippen molar-refractivity contribution in [3.8, 4) is 5.69 Å². The van der Waals surface area contributed by atoms with Gasteiger partial charge in [0.25, 0.3) is 0 Å². The Morgan fingerprint density at radius 3 is 2.56 bits per heavy atom. The van der Waals surface area contributed by atoms with Crippen LogP contribution < -0.4 is 10.3 Å². The van der Waals surface area contributed by atoms with Crippen LogP contribution in [0.15, 0.2) is 54.9 Å². The summed E-state index contributed by atoms with van der Waals surface area (Å²) in [6, 6.07) is 16.0. The first kappa shape index (κ1) is 8.97. The summed E-state index contributed by atoms with van der Waals surface area (Å²) in [5, 5.41) is 0. The molecule has 3 N–H and O–H groups in total. The molecule has 0 aliphatic heterocycles. The number of H-pyrrole nitrogens is 1. The molecular formula is C13H12N3+. The fraction of sp³-hybridized carbons (Fsp3) is 0. The van der Waals surface area contributed by atoms with Crippen LogP contribution in [-0.2, 0) is 0 Å². The molecule has 0 radical (unpaired) electrons. The van der Waals surface area contributed by atoms with Crippen LogP contribution in [0.4, 0.5) is 5.69 Å². The smallest absolute Gasteiger partial charge is 0.247 e. The third-order valence-corrected chi connectivity index (χ3v) is 2.69. The van der Waals surface area contributed by atoms with Gasteiger partial charge in [-0.15, -0.1) is 0 Å². The van der Waals surface area contributed by atoms with Crippen molar-refractivity contribution in [2.45, 2.75) is 0 Å². The maximum Gasteiger partial charge on any atom is 0.247 e. The molecule has 0 saturated carbocycles. The van der Waals surface area contributed by atoms with E-state index >= 15 is 0 Å². The number of benzene rings is 2. The molecule has 0 atom stereocenters. The van der Waals surface area contributed by atoms with E-state index in [1.54, 1.807) is 0 Å². The highest BCUT2D eigenvalue weighted by atomic mass is 15.1. The van der Waals surface area contributed by atoms with Gasteiger partial charge in [-0.1, -0.05) is 24.3 Å². The van der Waals surface area contributed by atoms with E-state index in [0.717, 1.165) is 22.4 Å². The van der Waals surface area contributed by atoms with Crippen molar-refractivity contribution in [3.05, 3.63) is 54.9 Å². The summed E-state index contributed by atoms with van der Waals surface area (Å²) in [7, 11) is 0. The number of aromatic amines is 1. The SMILES string of the molecule is Nc1cccc2[nH]c[n+](-c3ccccc3)c12. The minimum absolute atomic E-state index is 0.780. The molecule has 3 nitrogen and oxygen atoms in total. The monoisotopic (exact) mass is 210 g/mol. The lowest BCUT2D eigenvalue weighted by Crippen LogP contribution is -2.28. The van der Waals surface area contributed by atoms with E-state index in [4.69, 9.17) is 5.73 Å². The Balaban J connectivity index is 2.33. The van der Waals surface area contributed by atoms with Crippen molar-refractivity contribution in [3.63, 3.8) is 0 Å². The van der Waals surface area contributed by atoms with Gasteiger partial charge >= 0.3 is 0 Å². The Morgan fingerprint density at radius 2 is 1.75 bits per heavy atom. The largest absolute Gasteiger partial charge is 0.395 e. The van der Waals surface area contributed by atoms with Gasteiger partial charge in [-0.25, -0.2) is 4.98 Å². The van der Waals surface area contributed by atoms with Crippen LogP contribution in [0.25, 0.3) is 16.7 Å². The predicted octanol–water partition coefficient (Wildman–Crippen LogP) is 2.03. The number of anilines is 1. The highest BCUT2D eigenvalue weighted by Crippen LogP contribution is 2.16. The van der Waals surface area contributed by atoms with Crippen LogP contribution in [0.1, 0.15) is 0 Å². The van der Waals surface area contributed by atoms with Crippen LogP contribution in [0.3, 0.4) is 0 Å². The van der Waals surface area contributed by atoms with Gasteiger partial charge in [-0.05, 0) is 24.3 Å². The van der Waals surface area contributed by atoms with E-state index in [1.165, 1.54) is 0 Å². The van der Waals surface area contributed by atoms with Crippen molar-refractivity contribution in [1.82, 2.24) is 4.98 Å². The lowest BCUT2D eigenvalue weighted by Gasteiger charge is -1.98. The fourth-order valence-electron chi connectivity index (χ4n) is 1.94. The molecule has 1 heterocycles. The maximum atomic E-state index is 6.00. The standard InChI is InChI=1S/C13H11N3/c14-11-7-4-8-12-13(11)16(9-15-12)10-5-2-1-3-6-10/h1-9H,14H2/p+1. The normalized spacial score (nSPS) is 10.8. The molecule has 0 saturated heterocycles. The average molecular weight is 210 g/mol. The Labute approximate surface area is 93.1 Å². The summed E-state index contributed by atoms with van der Waals surface area (Å²) in [5.74, 6) is 0. The van der Waals surface area contributed by atoms with Gasteiger partial charge in [-0.2, -0.15) is 4.57 Å². The Morgan fingerprint density at radius 1 is 0.938 bits per heavy atom. The van der Waals surface area contributed by atoms with Gasteiger partial charge in [-0.3, -0.25) is 0 Å². The van der Waals surface area contributed by atoms with Gasteiger partial charge in [0.15, 0.2) is 5.52 Å². The van der Waals surface area contributed by atoms with Gasteiger partial charge in [0.2, 0.25) is 11.8 Å². The van der Waals surface area contributed by atoms with Gasteiger partial charge in [0, 0.05) is 0 Å². The lowest BCUT2D eigenvalue weighted by molar-refractivity contribution is -0.566. The number of hydrogen-bond donors (Lipinski definition) is 2. The molecule has 0 aliphatic carbocycles. The minimum Gasteiger partial charge on any atom is -0.395 e. The number of fused-ring (bicyclic) bond motifs is 1. The number of aromatic nitrogens is 2. The zero-order chi connectivity index (χ0) is 11.0. The van der Waals surface area contributed by atoms with Crippen LogP contribution >= 0.6 is 0 Å². The van der Waals surface area contributed by atoms with E-state index in [0.29, 0.717) is 0 Å². The van der Waals surface area contributed by atoms with E-state index in [2.05, 4.69) is 21.7 Å². The third-order valence-electron chi connectivity index (χ3n) is 2.69. The molecule has 2 aromatic carbocycles. The molecule has 0 amide bonds. The van der Waals surface area contributed by atoms with Crippen molar-refractivity contribution >= 4 is 16.7 Å². The molecular weight excluding hydrogens is 198 g/mol. The first-order valence-electron chi connectivity index (χ1n) is 5.19. The number of nitrogens with one attached hydrogen (secondary N) is 1. The molecule has 3 aromatic rings. The highest BCUT2D eigenvalue weighted by molar-refractivity contribution is 5.83. The lowest BCUT2D eigenvalue weighted by atomic mass is 10.2. The van der Waals surface area contributed by atoms with Crippen molar-refractivity contribution in [2.75, 3.05) is 5.73 Å². The van der Waals surface area contributed by atoms with Crippen molar-refractivity contribution in [2.24, 2.45) is 0 Å². The van der Waals surface area contributed by atoms with Crippen LogP contribution in [0, 0.1) is 0 Å². The summed E-state index contributed by atoms with van der Waals surface area (Å²) >= 11 is 0. The number of para-hydroxylation sites is 2. The first-order valence-corrected chi connectivity index (χ1v) is 5.19. The predicted molar refractivity (Wildman–Crippen MR) is 64.2 cm³/mol. The molecule has 0 unspecified atom stereocenters. The number of hydrogen-bond acceptors (Lipinski definition) is 1. The zero-order valence-corrected chi connectivity index (χ0v) is 8.72. The summed E-state index contributed by atoms with van der Waals surface area (Å²) in [6.45, 7) is 0.